The van der Waals surface area contributed by atoms with Gasteiger partial charge in [0.05, 0.1) is 11.4 Å². The minimum absolute atomic E-state index is 0.126. The molecule has 1 aromatic heterocycles. The molecule has 0 radical (unpaired) electrons. The summed E-state index contributed by atoms with van der Waals surface area (Å²) in [7, 11) is 0.832. The molecule has 0 aliphatic rings. The number of nitrogens with zero attached hydrogens (tertiary/aromatic N) is 2. The highest BCUT2D eigenvalue weighted by atomic mass is 28.4. The van der Waals surface area contributed by atoms with Gasteiger partial charge in [-0.2, -0.15) is 9.78 Å². The second kappa shape index (κ2) is 6.31. The molecule has 0 aromatic carbocycles. The molecular weight excluding hydrogens is 262 g/mol. The van der Waals surface area contributed by atoms with Crippen molar-refractivity contribution < 1.29 is 13.6 Å². The number of hydrogen-bond donors (Lipinski definition) is 1. The molecular formula is C12H23N3O3Si. The number of amides is 1. The quantitative estimate of drug-likeness (QED) is 0.837. The van der Waals surface area contributed by atoms with E-state index in [1.807, 2.05) is 33.4 Å². The first kappa shape index (κ1) is 15.9. The van der Waals surface area contributed by atoms with Crippen LogP contribution in [0.3, 0.4) is 0 Å². The Morgan fingerprint density at radius 3 is 2.42 bits per heavy atom. The molecule has 0 saturated carbocycles. The van der Waals surface area contributed by atoms with E-state index in [0.717, 1.165) is 17.8 Å². The van der Waals surface area contributed by atoms with E-state index < -0.39 is 8.56 Å². The van der Waals surface area contributed by atoms with Gasteiger partial charge in [-0.3, -0.25) is 0 Å². The molecule has 1 heterocycles. The average molecular weight is 285 g/mol. The predicted octanol–water partition coefficient (Wildman–Crippen LogP) is 1.74. The van der Waals surface area contributed by atoms with E-state index >= 15 is 0 Å². The summed E-state index contributed by atoms with van der Waals surface area (Å²) in [6.45, 7) is 7.64. The van der Waals surface area contributed by atoms with Crippen LogP contribution in [0.2, 0.25) is 6.55 Å². The lowest BCUT2D eigenvalue weighted by Crippen LogP contribution is -2.58. The third-order valence-corrected chi connectivity index (χ3v) is 6.79. The molecule has 1 amide bonds. The Bertz CT molecular complexity index is 443. The summed E-state index contributed by atoms with van der Waals surface area (Å²) in [5.41, 5.74) is 1.50. The van der Waals surface area contributed by atoms with Gasteiger partial charge in [0.25, 0.3) is 0 Å². The summed E-state index contributed by atoms with van der Waals surface area (Å²) < 4.78 is 12.3. The smallest absolute Gasteiger partial charge is 0.357 e. The van der Waals surface area contributed by atoms with Gasteiger partial charge < -0.3 is 14.2 Å². The zero-order chi connectivity index (χ0) is 14.6. The third kappa shape index (κ3) is 3.43. The molecule has 0 aliphatic heterocycles. The van der Waals surface area contributed by atoms with E-state index in [9.17, 15) is 4.79 Å². The maximum absolute atomic E-state index is 12.2. The lowest BCUT2D eigenvalue weighted by Gasteiger charge is -2.31. The lowest BCUT2D eigenvalue weighted by atomic mass is 10.4. The van der Waals surface area contributed by atoms with Crippen LogP contribution >= 0.6 is 0 Å². The minimum Gasteiger partial charge on any atom is -0.397 e. The topological polar surface area (TPSA) is 65.4 Å². The molecule has 1 N–H and O–H groups in total. The summed E-state index contributed by atoms with van der Waals surface area (Å²) in [6, 6.07) is 1.62. The lowest BCUT2D eigenvalue weighted by molar-refractivity contribution is 0.216. The van der Waals surface area contributed by atoms with Crippen LogP contribution in [0.25, 0.3) is 0 Å². The van der Waals surface area contributed by atoms with Gasteiger partial charge in [0.1, 0.15) is 0 Å². The Kier molecular flexibility index (Phi) is 5.27. The molecule has 0 aliphatic carbocycles. The number of aromatic nitrogens is 2. The van der Waals surface area contributed by atoms with Crippen LogP contribution < -0.4 is 5.32 Å². The van der Waals surface area contributed by atoms with Gasteiger partial charge >= 0.3 is 14.6 Å². The van der Waals surface area contributed by atoms with Crippen molar-refractivity contribution in [2.45, 2.75) is 39.4 Å². The van der Waals surface area contributed by atoms with E-state index in [4.69, 9.17) is 8.85 Å². The Labute approximate surface area is 115 Å². The van der Waals surface area contributed by atoms with Gasteiger partial charge in [0.15, 0.2) is 0 Å². The third-order valence-electron chi connectivity index (χ3n) is 3.35. The van der Waals surface area contributed by atoms with Gasteiger partial charge in [-0.25, -0.2) is 4.79 Å². The monoisotopic (exact) mass is 285 g/mol. The number of carbonyl (C=O) groups is 1. The van der Waals surface area contributed by atoms with Crippen molar-refractivity contribution in [2.24, 2.45) is 0 Å². The van der Waals surface area contributed by atoms with Gasteiger partial charge in [-0.15, -0.1) is 0 Å². The molecule has 1 unspecified atom stereocenters. The van der Waals surface area contributed by atoms with Crippen LogP contribution in [0.15, 0.2) is 6.07 Å². The molecule has 1 aromatic rings. The summed E-state index contributed by atoms with van der Waals surface area (Å²) >= 11 is 0. The summed E-state index contributed by atoms with van der Waals surface area (Å²) in [6.07, 6.45) is 0.745. The highest BCUT2D eigenvalue weighted by Gasteiger charge is 2.39. The molecule has 0 spiro atoms. The van der Waals surface area contributed by atoms with Crippen LogP contribution in [0, 0.1) is 13.8 Å². The fourth-order valence-electron chi connectivity index (χ4n) is 2.02. The zero-order valence-corrected chi connectivity index (χ0v) is 13.5. The molecule has 0 bridgehead atoms. The zero-order valence-electron chi connectivity index (χ0n) is 12.5. The molecule has 6 nitrogen and oxygen atoms in total. The second-order valence-corrected chi connectivity index (χ2v) is 8.22. The first-order valence-electron chi connectivity index (χ1n) is 6.32. The minimum atomic E-state index is -2.41. The van der Waals surface area contributed by atoms with Crippen molar-refractivity contribution in [2.75, 3.05) is 14.2 Å². The van der Waals surface area contributed by atoms with Crippen LogP contribution in [0.1, 0.15) is 24.7 Å². The Morgan fingerprint density at radius 2 is 2.05 bits per heavy atom. The highest BCUT2D eigenvalue weighted by Crippen LogP contribution is 2.14. The molecule has 108 valence electrons. The fraction of sp³-hybridized carbons (Fsp3) is 0.667. The largest absolute Gasteiger partial charge is 0.397 e. The van der Waals surface area contributed by atoms with Crippen molar-refractivity contribution in [1.82, 2.24) is 15.1 Å². The van der Waals surface area contributed by atoms with Crippen molar-refractivity contribution in [3.05, 3.63) is 17.5 Å². The number of nitrogens with one attached hydrogen (secondary N) is 1. The van der Waals surface area contributed by atoms with Crippen LogP contribution in [0.5, 0.6) is 0 Å². The first-order valence-corrected chi connectivity index (χ1v) is 8.71. The standard InChI is InChI=1S/C12H23N3O3Si/c1-7-11(19(6,17-4)18-5)13-12(16)15-10(3)8-9(2)14-15/h8,11H,7H2,1-6H3,(H,13,16). The number of rotatable bonds is 5. The number of carbonyl (C=O) groups excluding carboxylic acids is 1. The molecule has 0 saturated heterocycles. The number of aryl methyl sites for hydroxylation is 2. The van der Waals surface area contributed by atoms with Crippen LogP contribution in [-0.4, -0.2) is 44.3 Å². The van der Waals surface area contributed by atoms with Crippen molar-refractivity contribution >= 4 is 14.6 Å². The summed E-state index contributed by atoms with van der Waals surface area (Å²) in [4.78, 5) is 12.2. The van der Waals surface area contributed by atoms with E-state index in [1.54, 1.807) is 14.2 Å². The molecule has 1 atom stereocenters. The molecule has 7 heteroatoms. The van der Waals surface area contributed by atoms with Crippen LogP contribution in [-0.2, 0) is 8.85 Å². The van der Waals surface area contributed by atoms with E-state index in [-0.39, 0.29) is 11.7 Å². The van der Waals surface area contributed by atoms with Crippen molar-refractivity contribution in [3.8, 4) is 0 Å². The van der Waals surface area contributed by atoms with Gasteiger partial charge in [0.2, 0.25) is 0 Å². The molecule has 0 fully saturated rings. The first-order chi connectivity index (χ1) is 8.87. The Balaban J connectivity index is 2.87. The van der Waals surface area contributed by atoms with E-state index in [1.165, 1.54) is 4.68 Å². The summed E-state index contributed by atoms with van der Waals surface area (Å²) in [5.74, 6) is 0. The number of hydrogen-bond acceptors (Lipinski definition) is 4. The maximum atomic E-state index is 12.2. The predicted molar refractivity (Wildman–Crippen MR) is 75.3 cm³/mol. The average Bonchev–Trinajstić information content (AvgIpc) is 2.73. The van der Waals surface area contributed by atoms with Crippen molar-refractivity contribution in [3.63, 3.8) is 0 Å². The maximum Gasteiger partial charge on any atom is 0.357 e. The molecule has 19 heavy (non-hydrogen) atoms. The summed E-state index contributed by atoms with van der Waals surface area (Å²) in [5, 5.41) is 7.12. The molecule has 1 rings (SSSR count). The Morgan fingerprint density at radius 1 is 1.47 bits per heavy atom. The fourth-order valence-corrected chi connectivity index (χ4v) is 3.88. The van der Waals surface area contributed by atoms with Gasteiger partial charge in [-0.05, 0) is 32.9 Å². The second-order valence-electron chi connectivity index (χ2n) is 4.67. The van der Waals surface area contributed by atoms with E-state index in [0.29, 0.717) is 0 Å². The normalized spacial score (nSPS) is 13.4. The van der Waals surface area contributed by atoms with Crippen molar-refractivity contribution in [1.29, 1.82) is 0 Å². The Hall–Kier alpha value is -1.18. The van der Waals surface area contributed by atoms with Gasteiger partial charge in [0, 0.05) is 19.9 Å². The van der Waals surface area contributed by atoms with Gasteiger partial charge in [-0.1, -0.05) is 6.92 Å². The van der Waals surface area contributed by atoms with Crippen LogP contribution in [0.4, 0.5) is 4.79 Å². The highest BCUT2D eigenvalue weighted by molar-refractivity contribution is 6.67. The SMILES string of the molecule is CCC(NC(=O)n1nc(C)cc1C)[Si](C)(OC)OC. The van der Waals surface area contributed by atoms with E-state index in [2.05, 4.69) is 10.4 Å².